The molecule has 0 fully saturated rings. The van der Waals surface area contributed by atoms with E-state index in [0.717, 1.165) is 31.4 Å². The van der Waals surface area contributed by atoms with Gasteiger partial charge in [0.1, 0.15) is 0 Å². The normalized spacial score (nSPS) is 12.4. The molecule has 0 aliphatic carbocycles. The van der Waals surface area contributed by atoms with E-state index in [1.165, 1.54) is 5.56 Å². The molecule has 0 aliphatic rings. The van der Waals surface area contributed by atoms with Crippen molar-refractivity contribution in [3.05, 3.63) is 35.4 Å². The molecule has 1 atom stereocenters. The van der Waals surface area contributed by atoms with Crippen LogP contribution in [0.2, 0.25) is 0 Å². The van der Waals surface area contributed by atoms with E-state index in [-0.39, 0.29) is 5.91 Å². The number of hydrogen-bond donors (Lipinski definition) is 2. The molecule has 0 saturated carbocycles. The van der Waals surface area contributed by atoms with Gasteiger partial charge < -0.3 is 16.0 Å². The maximum absolute atomic E-state index is 11.9. The Kier molecular flexibility index (Phi) is 7.26. The third-order valence-corrected chi connectivity index (χ3v) is 3.26. The molecule has 0 aliphatic heterocycles. The minimum Gasteiger partial charge on any atom is -0.351 e. The molecule has 0 radical (unpaired) electrons. The van der Waals surface area contributed by atoms with Crippen LogP contribution in [0.1, 0.15) is 37.3 Å². The van der Waals surface area contributed by atoms with Gasteiger partial charge in [-0.15, -0.1) is 0 Å². The van der Waals surface area contributed by atoms with Gasteiger partial charge in [0.05, 0.1) is 6.04 Å². The Morgan fingerprint density at radius 2 is 1.95 bits per heavy atom. The molecule has 1 unspecified atom stereocenters. The van der Waals surface area contributed by atoms with E-state index >= 15 is 0 Å². The Hall–Kier alpha value is -1.39. The molecule has 1 amide bonds. The third-order valence-electron chi connectivity index (χ3n) is 3.26. The van der Waals surface area contributed by atoms with Gasteiger partial charge in [0.25, 0.3) is 0 Å². The molecule has 3 N–H and O–H groups in total. The summed E-state index contributed by atoms with van der Waals surface area (Å²) in [5.74, 6) is -0.0573. The molecule has 0 heterocycles. The summed E-state index contributed by atoms with van der Waals surface area (Å²) in [4.78, 5) is 14.0. The van der Waals surface area contributed by atoms with Crippen LogP contribution in [0, 0.1) is 0 Å². The van der Waals surface area contributed by atoms with Crippen molar-refractivity contribution in [2.24, 2.45) is 5.73 Å². The number of nitrogens with one attached hydrogen (secondary N) is 1. The van der Waals surface area contributed by atoms with Crippen LogP contribution in [0.3, 0.4) is 0 Å². The van der Waals surface area contributed by atoms with Crippen LogP contribution in [-0.4, -0.2) is 30.9 Å². The van der Waals surface area contributed by atoms with Crippen molar-refractivity contribution in [1.29, 1.82) is 0 Å². The van der Waals surface area contributed by atoms with E-state index in [9.17, 15) is 4.79 Å². The van der Waals surface area contributed by atoms with Crippen LogP contribution in [0.5, 0.6) is 0 Å². The van der Waals surface area contributed by atoms with E-state index in [2.05, 4.69) is 29.3 Å². The van der Waals surface area contributed by atoms with Crippen molar-refractivity contribution < 1.29 is 4.79 Å². The fraction of sp³-hybridized carbons (Fsp3) is 0.562. The average Bonchev–Trinajstić information content (AvgIpc) is 2.42. The maximum atomic E-state index is 11.9. The summed E-state index contributed by atoms with van der Waals surface area (Å²) in [7, 11) is 4.08. The van der Waals surface area contributed by atoms with Gasteiger partial charge in [-0.1, -0.05) is 44.0 Å². The van der Waals surface area contributed by atoms with Crippen molar-refractivity contribution in [3.8, 4) is 0 Å². The lowest BCUT2D eigenvalue weighted by Gasteiger charge is -2.16. The van der Waals surface area contributed by atoms with Crippen molar-refractivity contribution >= 4 is 5.91 Å². The van der Waals surface area contributed by atoms with Gasteiger partial charge in [0.15, 0.2) is 0 Å². The number of carbonyl (C=O) groups excluding carboxylic acids is 1. The predicted molar refractivity (Wildman–Crippen MR) is 83.2 cm³/mol. The molecule has 1 aromatic carbocycles. The van der Waals surface area contributed by atoms with Crippen LogP contribution in [0.25, 0.3) is 0 Å². The van der Waals surface area contributed by atoms with Crippen LogP contribution >= 0.6 is 0 Å². The fourth-order valence-electron chi connectivity index (χ4n) is 2.09. The number of hydrogen-bond acceptors (Lipinski definition) is 3. The first-order valence-corrected chi connectivity index (χ1v) is 7.29. The van der Waals surface area contributed by atoms with Gasteiger partial charge in [-0.3, -0.25) is 4.79 Å². The Morgan fingerprint density at radius 1 is 1.30 bits per heavy atom. The second-order valence-corrected chi connectivity index (χ2v) is 5.47. The Morgan fingerprint density at radius 3 is 2.55 bits per heavy atom. The van der Waals surface area contributed by atoms with Crippen LogP contribution < -0.4 is 11.1 Å². The largest absolute Gasteiger partial charge is 0.351 e. The van der Waals surface area contributed by atoms with Gasteiger partial charge in [-0.05, 0) is 31.6 Å². The van der Waals surface area contributed by atoms with E-state index in [1.807, 2.05) is 26.2 Å². The summed E-state index contributed by atoms with van der Waals surface area (Å²) < 4.78 is 0. The molecule has 1 aromatic rings. The first-order chi connectivity index (χ1) is 9.54. The standard InChI is InChI=1S/C16H27N3O/c1-4-5-10-15(17)16(20)18-11-13-8-6-7-9-14(13)12-19(2)3/h6-9,15H,4-5,10-12,17H2,1-3H3,(H,18,20). The minimum atomic E-state index is -0.393. The molecule has 0 bridgehead atoms. The zero-order valence-electron chi connectivity index (χ0n) is 12.9. The second-order valence-electron chi connectivity index (χ2n) is 5.47. The summed E-state index contributed by atoms with van der Waals surface area (Å²) in [6.45, 7) is 3.51. The van der Waals surface area contributed by atoms with E-state index in [4.69, 9.17) is 5.73 Å². The van der Waals surface area contributed by atoms with Crippen molar-refractivity contribution in [2.45, 2.75) is 45.3 Å². The van der Waals surface area contributed by atoms with Crippen molar-refractivity contribution in [2.75, 3.05) is 14.1 Å². The second kappa shape index (κ2) is 8.72. The highest BCUT2D eigenvalue weighted by atomic mass is 16.2. The topological polar surface area (TPSA) is 58.4 Å². The average molecular weight is 277 g/mol. The van der Waals surface area contributed by atoms with E-state index in [1.54, 1.807) is 0 Å². The fourth-order valence-corrected chi connectivity index (χ4v) is 2.09. The van der Waals surface area contributed by atoms with E-state index in [0.29, 0.717) is 6.54 Å². The minimum absolute atomic E-state index is 0.0573. The molecular weight excluding hydrogens is 250 g/mol. The number of amides is 1. The Balaban J connectivity index is 2.54. The lowest BCUT2D eigenvalue weighted by molar-refractivity contribution is -0.122. The molecule has 0 saturated heterocycles. The highest BCUT2D eigenvalue weighted by Gasteiger charge is 2.12. The zero-order chi connectivity index (χ0) is 15.0. The zero-order valence-corrected chi connectivity index (χ0v) is 12.9. The predicted octanol–water partition coefficient (Wildman–Crippen LogP) is 1.88. The Labute approximate surface area is 122 Å². The molecule has 0 aromatic heterocycles. The number of nitrogens with two attached hydrogens (primary N) is 1. The van der Waals surface area contributed by atoms with Gasteiger partial charge in [0, 0.05) is 13.1 Å². The first-order valence-electron chi connectivity index (χ1n) is 7.29. The molecule has 20 heavy (non-hydrogen) atoms. The number of carbonyl (C=O) groups is 1. The Bertz CT molecular complexity index is 418. The van der Waals surface area contributed by atoms with Gasteiger partial charge in [-0.2, -0.15) is 0 Å². The van der Waals surface area contributed by atoms with Crippen molar-refractivity contribution in [3.63, 3.8) is 0 Å². The number of nitrogens with zero attached hydrogens (tertiary/aromatic N) is 1. The van der Waals surface area contributed by atoms with Crippen LogP contribution in [0.4, 0.5) is 0 Å². The smallest absolute Gasteiger partial charge is 0.237 e. The van der Waals surface area contributed by atoms with Crippen LogP contribution in [0.15, 0.2) is 24.3 Å². The van der Waals surface area contributed by atoms with Gasteiger partial charge >= 0.3 is 0 Å². The molecule has 4 nitrogen and oxygen atoms in total. The quantitative estimate of drug-likeness (QED) is 0.763. The highest BCUT2D eigenvalue weighted by Crippen LogP contribution is 2.10. The van der Waals surface area contributed by atoms with Crippen molar-refractivity contribution in [1.82, 2.24) is 10.2 Å². The van der Waals surface area contributed by atoms with Gasteiger partial charge in [0.2, 0.25) is 5.91 Å². The maximum Gasteiger partial charge on any atom is 0.237 e. The lowest BCUT2D eigenvalue weighted by Crippen LogP contribution is -2.40. The van der Waals surface area contributed by atoms with E-state index < -0.39 is 6.04 Å². The lowest BCUT2D eigenvalue weighted by atomic mass is 10.1. The first kappa shape index (κ1) is 16.7. The van der Waals surface area contributed by atoms with Gasteiger partial charge in [-0.25, -0.2) is 0 Å². The highest BCUT2D eigenvalue weighted by molar-refractivity contribution is 5.81. The number of unbranched alkanes of at least 4 members (excludes halogenated alkanes) is 1. The van der Waals surface area contributed by atoms with Crippen LogP contribution in [-0.2, 0) is 17.9 Å². The summed E-state index contributed by atoms with van der Waals surface area (Å²) in [6, 6.07) is 7.78. The monoisotopic (exact) mass is 277 g/mol. The summed E-state index contributed by atoms with van der Waals surface area (Å²) in [5, 5.41) is 2.94. The molecule has 4 heteroatoms. The summed E-state index contributed by atoms with van der Waals surface area (Å²) in [6.07, 6.45) is 2.81. The third kappa shape index (κ3) is 5.72. The summed E-state index contributed by atoms with van der Waals surface area (Å²) >= 11 is 0. The molecule has 1 rings (SSSR count). The number of benzene rings is 1. The molecule has 0 spiro atoms. The molecular formula is C16H27N3O. The summed E-state index contributed by atoms with van der Waals surface area (Å²) in [5.41, 5.74) is 8.25. The SMILES string of the molecule is CCCCC(N)C(=O)NCc1ccccc1CN(C)C. The number of rotatable bonds is 8. The molecule has 112 valence electrons.